The van der Waals surface area contributed by atoms with E-state index in [0.717, 1.165) is 23.3 Å². The number of hydrogen-bond acceptors (Lipinski definition) is 4. The van der Waals surface area contributed by atoms with E-state index in [1.807, 2.05) is 36.4 Å². The van der Waals surface area contributed by atoms with Crippen LogP contribution in [0.25, 0.3) is 5.70 Å². The highest BCUT2D eigenvalue weighted by molar-refractivity contribution is 5.88. The predicted octanol–water partition coefficient (Wildman–Crippen LogP) is 3.31. The van der Waals surface area contributed by atoms with Crippen molar-refractivity contribution in [3.8, 4) is 11.5 Å². The molecule has 0 saturated heterocycles. The lowest BCUT2D eigenvalue weighted by Crippen LogP contribution is -2.00. The quantitative estimate of drug-likeness (QED) is 0.863. The third-order valence-corrected chi connectivity index (χ3v) is 3.08. The smallest absolute Gasteiger partial charge is 0.231 e. The first-order valence-electron chi connectivity index (χ1n) is 6.18. The summed E-state index contributed by atoms with van der Waals surface area (Å²) in [6, 6.07) is 12.9. The molecule has 0 radical (unpaired) electrons. The highest BCUT2D eigenvalue weighted by atomic mass is 16.7. The molecular formula is C16H13NO3. The number of anilines is 1. The van der Waals surface area contributed by atoms with E-state index in [1.54, 1.807) is 6.07 Å². The minimum absolute atomic E-state index is 0.244. The molecule has 0 unspecified atom stereocenters. The lowest BCUT2D eigenvalue weighted by molar-refractivity contribution is 0.112. The van der Waals surface area contributed by atoms with Crippen molar-refractivity contribution in [2.75, 3.05) is 12.1 Å². The topological polar surface area (TPSA) is 47.6 Å². The number of carbonyl (C=O) groups excluding carboxylic acids is 1. The molecule has 2 aromatic carbocycles. The minimum atomic E-state index is 0.244. The summed E-state index contributed by atoms with van der Waals surface area (Å²) in [5.74, 6) is 1.43. The fourth-order valence-electron chi connectivity index (χ4n) is 2.09. The van der Waals surface area contributed by atoms with Gasteiger partial charge in [0.15, 0.2) is 17.8 Å². The Balaban J connectivity index is 1.84. The highest BCUT2D eigenvalue weighted by Gasteiger charge is 2.13. The normalized spacial score (nSPS) is 12.0. The molecule has 1 N–H and O–H groups in total. The van der Waals surface area contributed by atoms with Crippen molar-refractivity contribution < 1.29 is 14.3 Å². The van der Waals surface area contributed by atoms with E-state index in [4.69, 9.17) is 9.47 Å². The van der Waals surface area contributed by atoms with Gasteiger partial charge in [0, 0.05) is 28.6 Å². The van der Waals surface area contributed by atoms with Crippen LogP contribution in [0.15, 0.2) is 49.0 Å². The molecule has 0 saturated carbocycles. The van der Waals surface area contributed by atoms with Gasteiger partial charge in [-0.3, -0.25) is 4.79 Å². The van der Waals surface area contributed by atoms with Crippen molar-refractivity contribution in [3.05, 3.63) is 60.2 Å². The summed E-state index contributed by atoms with van der Waals surface area (Å²) >= 11 is 0. The molecular weight excluding hydrogens is 254 g/mol. The number of rotatable bonds is 4. The summed E-state index contributed by atoms with van der Waals surface area (Å²) in [5, 5.41) is 3.17. The average Bonchev–Trinajstić information content (AvgIpc) is 2.94. The minimum Gasteiger partial charge on any atom is -0.454 e. The van der Waals surface area contributed by atoms with Crippen molar-refractivity contribution in [3.63, 3.8) is 0 Å². The summed E-state index contributed by atoms with van der Waals surface area (Å²) in [6.45, 7) is 4.22. The standard InChI is InChI=1S/C16H13NO3/c1-11(14-5-3-2-4-12(14)9-18)17-13-6-7-15-16(8-13)20-10-19-15/h2-9,17H,1,10H2. The molecule has 4 nitrogen and oxygen atoms in total. The number of ether oxygens (including phenoxy) is 2. The van der Waals surface area contributed by atoms with Crippen LogP contribution < -0.4 is 14.8 Å². The van der Waals surface area contributed by atoms with Gasteiger partial charge in [-0.15, -0.1) is 0 Å². The second kappa shape index (κ2) is 5.09. The van der Waals surface area contributed by atoms with Gasteiger partial charge in [0.1, 0.15) is 0 Å². The van der Waals surface area contributed by atoms with Crippen molar-refractivity contribution in [2.24, 2.45) is 0 Å². The van der Waals surface area contributed by atoms with E-state index in [1.165, 1.54) is 0 Å². The third kappa shape index (κ3) is 2.23. The predicted molar refractivity (Wildman–Crippen MR) is 77.1 cm³/mol. The van der Waals surface area contributed by atoms with Crippen LogP contribution in [0.3, 0.4) is 0 Å². The Bertz CT molecular complexity index is 679. The van der Waals surface area contributed by atoms with Gasteiger partial charge < -0.3 is 14.8 Å². The van der Waals surface area contributed by atoms with E-state index >= 15 is 0 Å². The Morgan fingerprint density at radius 2 is 1.95 bits per heavy atom. The number of fused-ring (bicyclic) bond motifs is 1. The van der Waals surface area contributed by atoms with Crippen LogP contribution in [0.5, 0.6) is 11.5 Å². The molecule has 0 fully saturated rings. The maximum absolute atomic E-state index is 11.0. The third-order valence-electron chi connectivity index (χ3n) is 3.08. The van der Waals surface area contributed by atoms with Crippen LogP contribution >= 0.6 is 0 Å². The summed E-state index contributed by atoms with van der Waals surface area (Å²) in [5.41, 5.74) is 2.87. The first-order valence-corrected chi connectivity index (χ1v) is 6.18. The van der Waals surface area contributed by atoms with Crippen LogP contribution in [0.1, 0.15) is 15.9 Å². The lowest BCUT2D eigenvalue weighted by atomic mass is 10.1. The van der Waals surface area contributed by atoms with Gasteiger partial charge in [0.25, 0.3) is 0 Å². The zero-order valence-corrected chi connectivity index (χ0v) is 10.8. The number of nitrogens with one attached hydrogen (secondary N) is 1. The molecule has 0 aromatic heterocycles. The Morgan fingerprint density at radius 3 is 2.80 bits per heavy atom. The molecule has 0 aliphatic carbocycles. The van der Waals surface area contributed by atoms with Crippen molar-refractivity contribution in [1.82, 2.24) is 0 Å². The monoisotopic (exact) mass is 267 g/mol. The summed E-state index contributed by atoms with van der Waals surface area (Å²) in [6.07, 6.45) is 0.821. The molecule has 100 valence electrons. The molecule has 2 aromatic rings. The van der Waals surface area contributed by atoms with Gasteiger partial charge in [-0.1, -0.05) is 30.8 Å². The van der Waals surface area contributed by atoms with E-state index in [9.17, 15) is 4.79 Å². The molecule has 1 aliphatic rings. The summed E-state index contributed by atoms with van der Waals surface area (Å²) in [7, 11) is 0. The largest absolute Gasteiger partial charge is 0.454 e. The van der Waals surface area contributed by atoms with Gasteiger partial charge in [0.2, 0.25) is 6.79 Å². The first-order chi connectivity index (χ1) is 9.78. The molecule has 0 spiro atoms. The highest BCUT2D eigenvalue weighted by Crippen LogP contribution is 2.35. The van der Waals surface area contributed by atoms with Gasteiger partial charge in [-0.2, -0.15) is 0 Å². The van der Waals surface area contributed by atoms with E-state index in [2.05, 4.69) is 11.9 Å². The molecule has 0 amide bonds. The first kappa shape index (κ1) is 12.3. The van der Waals surface area contributed by atoms with Crippen LogP contribution in [0.4, 0.5) is 5.69 Å². The molecule has 0 bridgehead atoms. The SMILES string of the molecule is C=C(Nc1ccc2c(c1)OCO2)c1ccccc1C=O. The number of hydrogen-bond donors (Lipinski definition) is 1. The Hall–Kier alpha value is -2.75. The maximum atomic E-state index is 11.0. The zero-order chi connectivity index (χ0) is 13.9. The molecule has 20 heavy (non-hydrogen) atoms. The van der Waals surface area contributed by atoms with Crippen LogP contribution in [0.2, 0.25) is 0 Å². The second-order valence-electron chi connectivity index (χ2n) is 4.38. The molecule has 0 atom stereocenters. The van der Waals surface area contributed by atoms with Gasteiger partial charge in [-0.25, -0.2) is 0 Å². The molecule has 3 rings (SSSR count). The van der Waals surface area contributed by atoms with Gasteiger partial charge in [0.05, 0.1) is 0 Å². The van der Waals surface area contributed by atoms with Crippen LogP contribution in [-0.2, 0) is 0 Å². The molecule has 1 heterocycles. The van der Waals surface area contributed by atoms with Crippen molar-refractivity contribution in [2.45, 2.75) is 0 Å². The van der Waals surface area contributed by atoms with E-state index in [0.29, 0.717) is 17.0 Å². The lowest BCUT2D eigenvalue weighted by Gasteiger charge is -2.12. The van der Waals surface area contributed by atoms with Gasteiger partial charge >= 0.3 is 0 Å². The fourth-order valence-corrected chi connectivity index (χ4v) is 2.09. The number of carbonyl (C=O) groups is 1. The summed E-state index contributed by atoms with van der Waals surface area (Å²) in [4.78, 5) is 11.0. The van der Waals surface area contributed by atoms with Crippen molar-refractivity contribution in [1.29, 1.82) is 0 Å². The average molecular weight is 267 g/mol. The molecule has 4 heteroatoms. The van der Waals surface area contributed by atoms with Crippen LogP contribution in [0, 0.1) is 0 Å². The summed E-state index contributed by atoms with van der Waals surface area (Å²) < 4.78 is 10.6. The molecule has 1 aliphatic heterocycles. The van der Waals surface area contributed by atoms with Gasteiger partial charge in [-0.05, 0) is 12.1 Å². The zero-order valence-electron chi connectivity index (χ0n) is 10.8. The van der Waals surface area contributed by atoms with E-state index < -0.39 is 0 Å². The Kier molecular flexibility index (Phi) is 3.13. The fraction of sp³-hybridized carbons (Fsp3) is 0.0625. The Labute approximate surface area is 116 Å². The second-order valence-corrected chi connectivity index (χ2v) is 4.38. The maximum Gasteiger partial charge on any atom is 0.231 e. The van der Waals surface area contributed by atoms with Crippen molar-refractivity contribution >= 4 is 17.7 Å². The number of aldehydes is 1. The van der Waals surface area contributed by atoms with Crippen LogP contribution in [-0.4, -0.2) is 13.1 Å². The van der Waals surface area contributed by atoms with E-state index in [-0.39, 0.29) is 6.79 Å². The number of benzene rings is 2. The Morgan fingerprint density at radius 1 is 1.15 bits per heavy atom.